The van der Waals surface area contributed by atoms with Crippen molar-refractivity contribution in [2.75, 3.05) is 6.54 Å². The number of benzene rings is 2. The maximum atomic E-state index is 11.4. The van der Waals surface area contributed by atoms with Gasteiger partial charge in [0.2, 0.25) is 0 Å². The molecule has 0 aliphatic rings. The highest BCUT2D eigenvalue weighted by Gasteiger charge is 2.30. The number of aliphatic hydroxyl groups is 1. The van der Waals surface area contributed by atoms with Gasteiger partial charge in [0.15, 0.2) is 0 Å². The van der Waals surface area contributed by atoms with Crippen LogP contribution in [-0.4, -0.2) is 23.7 Å². The molecule has 2 rings (SSSR count). The fourth-order valence-electron chi connectivity index (χ4n) is 3.23. The van der Waals surface area contributed by atoms with E-state index in [1.165, 1.54) is 4.90 Å². The maximum absolute atomic E-state index is 11.4. The highest BCUT2D eigenvalue weighted by atomic mass is 16.3. The fourth-order valence-corrected chi connectivity index (χ4v) is 3.23. The predicted molar refractivity (Wildman–Crippen MR) is 104 cm³/mol. The van der Waals surface area contributed by atoms with Crippen molar-refractivity contribution in [1.82, 2.24) is 0 Å². The molecule has 2 aromatic carbocycles. The van der Waals surface area contributed by atoms with Crippen molar-refractivity contribution in [2.45, 2.75) is 51.8 Å². The zero-order valence-electron chi connectivity index (χ0n) is 15.8. The van der Waals surface area contributed by atoms with Gasteiger partial charge >= 0.3 is 0 Å². The second-order valence-electron chi connectivity index (χ2n) is 7.18. The van der Waals surface area contributed by atoms with E-state index in [9.17, 15) is 5.11 Å². The van der Waals surface area contributed by atoms with Gasteiger partial charge in [0, 0.05) is 6.42 Å². The molecule has 0 amide bonds. The molecule has 0 atom stereocenters. The summed E-state index contributed by atoms with van der Waals surface area (Å²) in [6.45, 7) is 9.69. The van der Waals surface area contributed by atoms with E-state index in [4.69, 9.17) is 0 Å². The molecule has 132 valence electrons. The average molecular weight is 336 g/mol. The van der Waals surface area contributed by atoms with Gasteiger partial charge in [-0.15, -0.1) is 0 Å². The van der Waals surface area contributed by atoms with Gasteiger partial charge in [-0.05, 0) is 44.7 Å². The zero-order chi connectivity index (χ0) is 18.3. The van der Waals surface area contributed by atoms with Crippen LogP contribution in [0.2, 0.25) is 0 Å². The summed E-state index contributed by atoms with van der Waals surface area (Å²) in [7, 11) is 0. The zero-order valence-corrected chi connectivity index (χ0v) is 15.8. The number of quaternary nitrogens is 1. The van der Waals surface area contributed by atoms with Gasteiger partial charge in [0.1, 0.15) is 12.1 Å². The minimum absolute atomic E-state index is 0.393. The fraction of sp³-hybridized carbons (Fsp3) is 0.391. The minimum atomic E-state index is -1.08. The summed E-state index contributed by atoms with van der Waals surface area (Å²) in [5.74, 6) is 6.54. The van der Waals surface area contributed by atoms with Gasteiger partial charge < -0.3 is 10.0 Å². The van der Waals surface area contributed by atoms with Crippen LogP contribution >= 0.6 is 0 Å². The maximum Gasteiger partial charge on any atom is 0.139 e. The summed E-state index contributed by atoms with van der Waals surface area (Å²) in [6, 6.07) is 20.7. The number of hydrogen-bond donors (Lipinski definition) is 2. The molecule has 0 aliphatic carbocycles. The minimum Gasteiger partial charge on any atom is -0.379 e. The Bertz CT molecular complexity index is 648. The Balaban J connectivity index is 2.24. The van der Waals surface area contributed by atoms with Crippen LogP contribution in [0.1, 0.15) is 45.2 Å². The van der Waals surface area contributed by atoms with Crippen LogP contribution in [0.15, 0.2) is 60.7 Å². The molecular weight excluding hydrogens is 306 g/mol. The second kappa shape index (κ2) is 8.85. The van der Waals surface area contributed by atoms with E-state index in [0.717, 1.165) is 17.7 Å². The van der Waals surface area contributed by atoms with Gasteiger partial charge in [-0.3, -0.25) is 0 Å². The van der Waals surface area contributed by atoms with Gasteiger partial charge in [-0.1, -0.05) is 66.6 Å². The van der Waals surface area contributed by atoms with Crippen LogP contribution in [-0.2, 0) is 5.60 Å². The number of hydrogen-bond acceptors (Lipinski definition) is 1. The van der Waals surface area contributed by atoms with Crippen LogP contribution in [0.4, 0.5) is 0 Å². The van der Waals surface area contributed by atoms with Gasteiger partial charge in [0.05, 0.1) is 12.1 Å². The molecule has 0 saturated heterocycles. The molecule has 0 fully saturated rings. The Morgan fingerprint density at radius 3 is 1.64 bits per heavy atom. The highest BCUT2D eigenvalue weighted by Crippen LogP contribution is 2.32. The van der Waals surface area contributed by atoms with Crippen LogP contribution in [0.25, 0.3) is 0 Å². The molecule has 0 aromatic heterocycles. The van der Waals surface area contributed by atoms with Crippen LogP contribution < -0.4 is 4.90 Å². The lowest BCUT2D eigenvalue weighted by Crippen LogP contribution is -3.17. The first-order chi connectivity index (χ1) is 11.9. The van der Waals surface area contributed by atoms with E-state index in [2.05, 4.69) is 39.5 Å². The van der Waals surface area contributed by atoms with Crippen molar-refractivity contribution < 1.29 is 10.0 Å². The third-order valence-corrected chi connectivity index (χ3v) is 4.75. The molecular formula is C23H30NO+. The molecule has 25 heavy (non-hydrogen) atoms. The van der Waals surface area contributed by atoms with Crippen molar-refractivity contribution in [3.63, 3.8) is 0 Å². The quantitative estimate of drug-likeness (QED) is 0.779. The SMILES string of the molecule is CC(C)[NH+](CC#CCC(O)(c1ccccc1)c1ccccc1)C(C)C. The lowest BCUT2D eigenvalue weighted by molar-refractivity contribution is -0.935. The molecule has 2 N–H and O–H groups in total. The molecule has 0 aliphatic heterocycles. The molecule has 0 bridgehead atoms. The molecule has 0 saturated carbocycles. The average Bonchev–Trinajstić information content (AvgIpc) is 2.62. The summed E-state index contributed by atoms with van der Waals surface area (Å²) in [5, 5.41) is 11.4. The number of rotatable bonds is 6. The monoisotopic (exact) mass is 336 g/mol. The third-order valence-electron chi connectivity index (χ3n) is 4.75. The van der Waals surface area contributed by atoms with Crippen molar-refractivity contribution in [3.05, 3.63) is 71.8 Å². The molecule has 2 heteroatoms. The molecule has 2 aromatic rings. The molecule has 0 unspecified atom stereocenters. The van der Waals surface area contributed by atoms with E-state index in [1.54, 1.807) is 0 Å². The van der Waals surface area contributed by atoms with Crippen LogP contribution in [0.5, 0.6) is 0 Å². The normalized spacial score (nSPS) is 11.7. The van der Waals surface area contributed by atoms with Gasteiger partial charge in [0.25, 0.3) is 0 Å². The van der Waals surface area contributed by atoms with Crippen molar-refractivity contribution >= 4 is 0 Å². The van der Waals surface area contributed by atoms with Gasteiger partial charge in [-0.25, -0.2) is 0 Å². The molecule has 0 radical (unpaired) electrons. The Morgan fingerprint density at radius 2 is 1.24 bits per heavy atom. The van der Waals surface area contributed by atoms with Crippen LogP contribution in [0.3, 0.4) is 0 Å². The number of nitrogens with one attached hydrogen (secondary N) is 1. The topological polar surface area (TPSA) is 24.7 Å². The van der Waals surface area contributed by atoms with E-state index in [-0.39, 0.29) is 0 Å². The summed E-state index contributed by atoms with van der Waals surface area (Å²) in [4.78, 5) is 1.47. The van der Waals surface area contributed by atoms with Crippen molar-refractivity contribution in [2.24, 2.45) is 0 Å². The Hall–Kier alpha value is -2.08. The molecule has 0 heterocycles. The lowest BCUT2D eigenvalue weighted by Gasteiger charge is -2.27. The summed E-state index contributed by atoms with van der Waals surface area (Å²) >= 11 is 0. The first-order valence-electron chi connectivity index (χ1n) is 9.10. The van der Waals surface area contributed by atoms with Crippen molar-refractivity contribution in [3.8, 4) is 11.8 Å². The second-order valence-corrected chi connectivity index (χ2v) is 7.18. The summed E-state index contributed by atoms with van der Waals surface area (Å²) in [6.07, 6.45) is 0.393. The molecule has 0 spiro atoms. The largest absolute Gasteiger partial charge is 0.379 e. The van der Waals surface area contributed by atoms with Gasteiger partial charge in [-0.2, -0.15) is 0 Å². The van der Waals surface area contributed by atoms with E-state index >= 15 is 0 Å². The third kappa shape index (κ3) is 4.95. The first kappa shape index (κ1) is 19.2. The predicted octanol–water partition coefficient (Wildman–Crippen LogP) is 3.02. The highest BCUT2D eigenvalue weighted by molar-refractivity contribution is 5.37. The van der Waals surface area contributed by atoms with Crippen molar-refractivity contribution in [1.29, 1.82) is 0 Å². The molecule has 2 nitrogen and oxygen atoms in total. The summed E-state index contributed by atoms with van der Waals surface area (Å²) < 4.78 is 0. The Morgan fingerprint density at radius 1 is 0.800 bits per heavy atom. The van der Waals surface area contributed by atoms with Crippen LogP contribution in [0, 0.1) is 11.8 Å². The summed E-state index contributed by atoms with van der Waals surface area (Å²) in [5.41, 5.74) is 0.686. The van der Waals surface area contributed by atoms with E-state index in [1.807, 2.05) is 60.7 Å². The van der Waals surface area contributed by atoms with E-state index < -0.39 is 5.60 Å². The first-order valence-corrected chi connectivity index (χ1v) is 9.10. The standard InChI is InChI=1S/C23H29NO/c1-19(2)24(20(3)4)18-12-11-17-23(25,21-13-7-5-8-14-21)22-15-9-6-10-16-22/h5-10,13-16,19-20,25H,17-18H2,1-4H3/p+1. The Labute approximate surface area is 152 Å². The lowest BCUT2D eigenvalue weighted by atomic mass is 9.84. The van der Waals surface area contributed by atoms with E-state index in [0.29, 0.717) is 18.5 Å². The Kier molecular flexibility index (Phi) is 6.82. The smallest absolute Gasteiger partial charge is 0.139 e.